The summed E-state index contributed by atoms with van der Waals surface area (Å²) in [5.41, 5.74) is 1.90. The Kier molecular flexibility index (Phi) is 6.51. The smallest absolute Gasteiger partial charge is 0.279 e. The fourth-order valence-corrected chi connectivity index (χ4v) is 3.46. The lowest BCUT2D eigenvalue weighted by Gasteiger charge is -2.31. The highest BCUT2D eigenvalue weighted by atomic mass is 16.5. The number of hydrogen-bond acceptors (Lipinski definition) is 5. The van der Waals surface area contributed by atoms with Gasteiger partial charge in [0, 0.05) is 18.1 Å². The Morgan fingerprint density at radius 2 is 1.67 bits per heavy atom. The van der Waals surface area contributed by atoms with E-state index in [-0.39, 0.29) is 5.91 Å². The number of quaternary nitrogens is 1. The van der Waals surface area contributed by atoms with E-state index < -0.39 is 0 Å². The summed E-state index contributed by atoms with van der Waals surface area (Å²) in [6, 6.07) is 19.4. The lowest BCUT2D eigenvalue weighted by molar-refractivity contribution is -0.892. The first kappa shape index (κ1) is 19.8. The topological polar surface area (TPSA) is 71.8 Å². The van der Waals surface area contributed by atoms with E-state index in [1.807, 2.05) is 60.7 Å². The molecule has 2 heterocycles. The van der Waals surface area contributed by atoms with Crippen LogP contribution in [-0.2, 0) is 11.4 Å². The third kappa shape index (κ3) is 5.55. The molecule has 3 aromatic rings. The number of nitrogens with one attached hydrogen (secondary N) is 2. The summed E-state index contributed by atoms with van der Waals surface area (Å²) < 4.78 is 5.79. The third-order valence-electron chi connectivity index (χ3n) is 5.10. The minimum absolute atomic E-state index is 0.0207. The van der Waals surface area contributed by atoms with Crippen LogP contribution in [0, 0.1) is 0 Å². The first-order valence-corrected chi connectivity index (χ1v) is 10.2. The second-order valence-electron chi connectivity index (χ2n) is 7.31. The fraction of sp³-hybridized carbons (Fsp3) is 0.261. The molecular formula is C23H26N5O2+. The van der Waals surface area contributed by atoms with E-state index >= 15 is 0 Å². The predicted molar refractivity (Wildman–Crippen MR) is 116 cm³/mol. The SMILES string of the molecule is O=C(C[NH+]1CCN(c2ncccn2)CC1)Nc1ccc(OCc2ccccc2)cc1. The van der Waals surface area contributed by atoms with Crippen LogP contribution in [0.25, 0.3) is 0 Å². The molecule has 2 N–H and O–H groups in total. The van der Waals surface area contributed by atoms with Crippen LogP contribution in [-0.4, -0.2) is 48.6 Å². The van der Waals surface area contributed by atoms with Crippen LogP contribution in [0.2, 0.25) is 0 Å². The van der Waals surface area contributed by atoms with Gasteiger partial charge in [-0.1, -0.05) is 30.3 Å². The molecule has 1 aliphatic rings. The van der Waals surface area contributed by atoms with Crippen molar-refractivity contribution in [2.45, 2.75) is 6.61 Å². The summed E-state index contributed by atoms with van der Waals surface area (Å²) >= 11 is 0. The number of aromatic nitrogens is 2. The van der Waals surface area contributed by atoms with Crippen molar-refractivity contribution in [1.29, 1.82) is 0 Å². The van der Waals surface area contributed by atoms with Crippen LogP contribution < -0.4 is 19.9 Å². The van der Waals surface area contributed by atoms with E-state index in [0.717, 1.165) is 49.1 Å². The maximum Gasteiger partial charge on any atom is 0.279 e. The Bertz CT molecular complexity index is 927. The van der Waals surface area contributed by atoms with Crippen LogP contribution in [0.4, 0.5) is 11.6 Å². The van der Waals surface area contributed by atoms with Crippen LogP contribution in [0.15, 0.2) is 73.1 Å². The molecule has 30 heavy (non-hydrogen) atoms. The second-order valence-corrected chi connectivity index (χ2v) is 7.31. The van der Waals surface area contributed by atoms with Crippen LogP contribution >= 0.6 is 0 Å². The summed E-state index contributed by atoms with van der Waals surface area (Å²) in [5, 5.41) is 2.98. The zero-order valence-corrected chi connectivity index (χ0v) is 16.8. The zero-order valence-electron chi connectivity index (χ0n) is 16.8. The van der Waals surface area contributed by atoms with Gasteiger partial charge >= 0.3 is 0 Å². The lowest BCUT2D eigenvalue weighted by Crippen LogP contribution is -3.15. The number of carbonyl (C=O) groups excluding carboxylic acids is 1. The van der Waals surface area contributed by atoms with Gasteiger partial charge in [-0.3, -0.25) is 4.79 Å². The van der Waals surface area contributed by atoms with Gasteiger partial charge in [-0.05, 0) is 35.9 Å². The molecule has 0 bridgehead atoms. The number of ether oxygens (including phenoxy) is 1. The molecule has 0 spiro atoms. The molecule has 2 aromatic carbocycles. The molecular weight excluding hydrogens is 378 g/mol. The van der Waals surface area contributed by atoms with Crippen molar-refractivity contribution >= 4 is 17.5 Å². The molecule has 4 rings (SSSR count). The molecule has 1 fully saturated rings. The first-order chi connectivity index (χ1) is 14.8. The largest absolute Gasteiger partial charge is 0.489 e. The van der Waals surface area contributed by atoms with Gasteiger partial charge in [0.15, 0.2) is 6.54 Å². The molecule has 0 unspecified atom stereocenters. The number of hydrogen-bond donors (Lipinski definition) is 2. The molecule has 1 aliphatic heterocycles. The van der Waals surface area contributed by atoms with E-state index in [2.05, 4.69) is 20.2 Å². The summed E-state index contributed by atoms with van der Waals surface area (Å²) in [6.07, 6.45) is 3.51. The first-order valence-electron chi connectivity index (χ1n) is 10.2. The molecule has 0 atom stereocenters. The normalized spacial score (nSPS) is 14.3. The van der Waals surface area contributed by atoms with Crippen molar-refractivity contribution in [2.24, 2.45) is 0 Å². The van der Waals surface area contributed by atoms with Gasteiger partial charge in [0.1, 0.15) is 12.4 Å². The number of piperazine rings is 1. The van der Waals surface area contributed by atoms with Gasteiger partial charge in [-0.15, -0.1) is 0 Å². The number of benzene rings is 2. The minimum atomic E-state index is 0.0207. The summed E-state index contributed by atoms with van der Waals surface area (Å²) in [5.74, 6) is 1.56. The monoisotopic (exact) mass is 404 g/mol. The number of carbonyl (C=O) groups is 1. The van der Waals surface area contributed by atoms with Gasteiger partial charge in [0.2, 0.25) is 5.95 Å². The Morgan fingerprint density at radius 1 is 0.967 bits per heavy atom. The van der Waals surface area contributed by atoms with Crippen molar-refractivity contribution in [1.82, 2.24) is 9.97 Å². The van der Waals surface area contributed by atoms with Gasteiger partial charge in [-0.25, -0.2) is 9.97 Å². The van der Waals surface area contributed by atoms with Gasteiger partial charge in [0.05, 0.1) is 26.2 Å². The summed E-state index contributed by atoms with van der Waals surface area (Å²) in [4.78, 5) is 24.5. The minimum Gasteiger partial charge on any atom is -0.489 e. The Morgan fingerprint density at radius 3 is 2.37 bits per heavy atom. The Balaban J connectivity index is 1.21. The molecule has 1 saturated heterocycles. The average Bonchev–Trinajstić information content (AvgIpc) is 2.80. The zero-order chi connectivity index (χ0) is 20.6. The van der Waals surface area contributed by atoms with Gasteiger partial charge in [0.25, 0.3) is 5.91 Å². The van der Waals surface area contributed by atoms with Crippen molar-refractivity contribution in [3.05, 3.63) is 78.6 Å². The molecule has 0 saturated carbocycles. The molecule has 154 valence electrons. The van der Waals surface area contributed by atoms with Crippen molar-refractivity contribution in [3.63, 3.8) is 0 Å². The van der Waals surface area contributed by atoms with Crippen molar-refractivity contribution in [2.75, 3.05) is 42.9 Å². The molecule has 0 aliphatic carbocycles. The Hall–Kier alpha value is -3.45. The molecule has 7 heteroatoms. The number of amides is 1. The van der Waals surface area contributed by atoms with E-state index in [9.17, 15) is 4.79 Å². The van der Waals surface area contributed by atoms with Crippen LogP contribution in [0.3, 0.4) is 0 Å². The number of anilines is 2. The van der Waals surface area contributed by atoms with Crippen LogP contribution in [0.1, 0.15) is 5.56 Å². The molecule has 1 amide bonds. The predicted octanol–water partition coefficient (Wildman–Crippen LogP) is 1.40. The number of nitrogens with zero attached hydrogens (tertiary/aromatic N) is 3. The molecule has 7 nitrogen and oxygen atoms in total. The van der Waals surface area contributed by atoms with Gasteiger partial charge in [-0.2, -0.15) is 0 Å². The van der Waals surface area contributed by atoms with Crippen LogP contribution in [0.5, 0.6) is 5.75 Å². The standard InChI is InChI=1S/C23H25N5O2/c29-22(17-27-13-15-28(16-14-27)23-24-11-4-12-25-23)26-20-7-9-21(10-8-20)30-18-19-5-2-1-3-6-19/h1-12H,13-18H2,(H,26,29)/p+1. The maximum atomic E-state index is 12.4. The van der Waals surface area contributed by atoms with E-state index in [0.29, 0.717) is 13.2 Å². The van der Waals surface area contributed by atoms with Crippen molar-refractivity contribution in [3.8, 4) is 5.75 Å². The lowest BCUT2D eigenvalue weighted by atomic mass is 10.2. The van der Waals surface area contributed by atoms with E-state index in [4.69, 9.17) is 4.74 Å². The summed E-state index contributed by atoms with van der Waals surface area (Å²) in [6.45, 7) is 4.45. The quantitative estimate of drug-likeness (QED) is 0.623. The highest BCUT2D eigenvalue weighted by Gasteiger charge is 2.23. The second kappa shape index (κ2) is 9.84. The van der Waals surface area contributed by atoms with Gasteiger partial charge < -0.3 is 19.9 Å². The fourth-order valence-electron chi connectivity index (χ4n) is 3.46. The highest BCUT2D eigenvalue weighted by molar-refractivity contribution is 5.91. The third-order valence-corrected chi connectivity index (χ3v) is 5.10. The number of rotatable bonds is 7. The average molecular weight is 404 g/mol. The summed E-state index contributed by atoms with van der Waals surface area (Å²) in [7, 11) is 0. The highest BCUT2D eigenvalue weighted by Crippen LogP contribution is 2.17. The Labute approximate surface area is 176 Å². The van der Waals surface area contributed by atoms with E-state index in [1.54, 1.807) is 12.4 Å². The molecule has 0 radical (unpaired) electrons. The maximum absolute atomic E-state index is 12.4. The van der Waals surface area contributed by atoms with Crippen molar-refractivity contribution < 1.29 is 14.4 Å². The van der Waals surface area contributed by atoms with E-state index in [1.165, 1.54) is 4.90 Å². The molecule has 1 aromatic heterocycles.